The van der Waals surface area contributed by atoms with Gasteiger partial charge in [-0.25, -0.2) is 0 Å². The van der Waals surface area contributed by atoms with Gasteiger partial charge in [-0.1, -0.05) is 13.8 Å². The van der Waals surface area contributed by atoms with Crippen molar-refractivity contribution in [3.8, 4) is 0 Å². The standard InChI is InChI=1S/C20H23NO4S/c1-13(2)12-25-20(23)16-10-11-21-17(16)8-9-18(21)19(22)14-4-6-15(7-5-14)26(3)24/h4-9,13,16H,10-12H2,1-3H3. The molecule has 0 fully saturated rings. The number of ketones is 1. The van der Waals surface area contributed by atoms with Crippen LogP contribution in [0.2, 0.25) is 0 Å². The van der Waals surface area contributed by atoms with Gasteiger partial charge in [0.25, 0.3) is 0 Å². The molecule has 1 aromatic heterocycles. The lowest BCUT2D eigenvalue weighted by Gasteiger charge is -2.11. The van der Waals surface area contributed by atoms with Gasteiger partial charge in [0.05, 0.1) is 18.2 Å². The summed E-state index contributed by atoms with van der Waals surface area (Å²) in [6, 6.07) is 10.4. The molecule has 0 amide bonds. The van der Waals surface area contributed by atoms with Crippen molar-refractivity contribution < 1.29 is 18.9 Å². The molecule has 2 aromatic rings. The van der Waals surface area contributed by atoms with Crippen molar-refractivity contribution in [2.75, 3.05) is 12.9 Å². The normalized spacial score (nSPS) is 17.2. The fourth-order valence-electron chi connectivity index (χ4n) is 3.18. The molecule has 2 heterocycles. The summed E-state index contributed by atoms with van der Waals surface area (Å²) in [5.74, 6) is -0.324. The molecule has 0 saturated carbocycles. The molecular formula is C20H23NO4S. The molecule has 6 heteroatoms. The van der Waals surface area contributed by atoms with E-state index in [-0.39, 0.29) is 17.7 Å². The number of ether oxygens (including phenoxy) is 1. The maximum absolute atomic E-state index is 12.8. The summed E-state index contributed by atoms with van der Waals surface area (Å²) in [5, 5.41) is 0. The molecule has 3 rings (SSSR count). The highest BCUT2D eigenvalue weighted by Gasteiger charge is 2.33. The fraction of sp³-hybridized carbons (Fsp3) is 0.400. The lowest BCUT2D eigenvalue weighted by Crippen LogP contribution is -2.16. The second-order valence-electron chi connectivity index (χ2n) is 6.97. The summed E-state index contributed by atoms with van der Waals surface area (Å²) in [4.78, 5) is 25.8. The summed E-state index contributed by atoms with van der Waals surface area (Å²) in [7, 11) is 0. The van der Waals surface area contributed by atoms with Crippen molar-refractivity contribution in [2.45, 2.75) is 37.6 Å². The molecule has 0 N–H and O–H groups in total. The van der Waals surface area contributed by atoms with E-state index in [1.54, 1.807) is 36.6 Å². The molecule has 2 unspecified atom stereocenters. The molecule has 0 bridgehead atoms. The Balaban J connectivity index is 1.78. The summed E-state index contributed by atoms with van der Waals surface area (Å²) in [5.41, 5.74) is 1.96. The van der Waals surface area contributed by atoms with Gasteiger partial charge < -0.3 is 13.9 Å². The number of rotatable bonds is 6. The predicted octanol–water partition coefficient (Wildman–Crippen LogP) is 3.14. The molecule has 1 aliphatic rings. The first-order valence-corrected chi connectivity index (χ1v) is 10.3. The minimum absolute atomic E-state index is 0.0964. The summed E-state index contributed by atoms with van der Waals surface area (Å²) < 4.78 is 18.8. The van der Waals surface area contributed by atoms with E-state index >= 15 is 0 Å². The summed E-state index contributed by atoms with van der Waals surface area (Å²) in [6.45, 7) is 5.04. The SMILES string of the molecule is CC(C)COC(=O)C1CCn2c(C(=O)c3ccc([S+](C)[O-])cc3)ccc21. The molecule has 0 spiro atoms. The topological polar surface area (TPSA) is 71.4 Å². The smallest absolute Gasteiger partial charge is 0.315 e. The molecule has 5 nitrogen and oxygen atoms in total. The van der Waals surface area contributed by atoms with Crippen LogP contribution >= 0.6 is 0 Å². The molecule has 1 aromatic carbocycles. The predicted molar refractivity (Wildman–Crippen MR) is 99.8 cm³/mol. The van der Waals surface area contributed by atoms with Gasteiger partial charge >= 0.3 is 5.97 Å². The van der Waals surface area contributed by atoms with Gasteiger partial charge in [-0.05, 0) is 59.9 Å². The molecule has 26 heavy (non-hydrogen) atoms. The van der Waals surface area contributed by atoms with Crippen molar-refractivity contribution in [3.63, 3.8) is 0 Å². The van der Waals surface area contributed by atoms with E-state index < -0.39 is 11.2 Å². The number of aromatic nitrogens is 1. The third-order valence-electron chi connectivity index (χ3n) is 4.54. The Morgan fingerprint density at radius 3 is 2.54 bits per heavy atom. The quantitative estimate of drug-likeness (QED) is 0.443. The van der Waals surface area contributed by atoms with Gasteiger partial charge in [0.2, 0.25) is 5.78 Å². The highest BCUT2D eigenvalue weighted by atomic mass is 32.2. The first kappa shape index (κ1) is 18.7. The third kappa shape index (κ3) is 3.71. The maximum Gasteiger partial charge on any atom is 0.315 e. The molecular weight excluding hydrogens is 350 g/mol. The second-order valence-corrected chi connectivity index (χ2v) is 8.35. The zero-order chi connectivity index (χ0) is 18.8. The van der Waals surface area contributed by atoms with Crippen LogP contribution in [-0.2, 0) is 27.3 Å². The van der Waals surface area contributed by atoms with E-state index in [9.17, 15) is 14.1 Å². The van der Waals surface area contributed by atoms with Crippen LogP contribution in [0.5, 0.6) is 0 Å². The average Bonchev–Trinajstić information content (AvgIpc) is 3.21. The zero-order valence-corrected chi connectivity index (χ0v) is 16.0. The fourth-order valence-corrected chi connectivity index (χ4v) is 3.69. The molecule has 0 radical (unpaired) electrons. The number of hydrogen-bond donors (Lipinski definition) is 0. The lowest BCUT2D eigenvalue weighted by atomic mass is 10.1. The molecule has 2 atom stereocenters. The number of esters is 1. The van der Waals surface area contributed by atoms with Crippen molar-refractivity contribution in [1.29, 1.82) is 0 Å². The van der Waals surface area contributed by atoms with Crippen LogP contribution in [0.3, 0.4) is 0 Å². The van der Waals surface area contributed by atoms with E-state index in [0.29, 0.717) is 41.6 Å². The van der Waals surface area contributed by atoms with Crippen LogP contribution in [0.25, 0.3) is 0 Å². The van der Waals surface area contributed by atoms with Gasteiger partial charge in [0, 0.05) is 17.8 Å². The number of carbonyl (C=O) groups excluding carboxylic acids is 2. The van der Waals surface area contributed by atoms with Crippen LogP contribution in [-0.4, -0.2) is 33.7 Å². The Morgan fingerprint density at radius 1 is 1.23 bits per heavy atom. The second kappa shape index (κ2) is 7.68. The Morgan fingerprint density at radius 2 is 1.92 bits per heavy atom. The van der Waals surface area contributed by atoms with Crippen molar-refractivity contribution in [2.24, 2.45) is 5.92 Å². The Hall–Kier alpha value is -2.05. The minimum Gasteiger partial charge on any atom is -0.612 e. The first-order valence-electron chi connectivity index (χ1n) is 8.72. The third-order valence-corrected chi connectivity index (χ3v) is 5.47. The number of carbonyl (C=O) groups is 2. The number of nitrogens with zero attached hydrogens (tertiary/aromatic N) is 1. The minimum atomic E-state index is -1.07. The van der Waals surface area contributed by atoms with Crippen LogP contribution in [0.15, 0.2) is 41.3 Å². The summed E-state index contributed by atoms with van der Waals surface area (Å²) >= 11 is -1.07. The molecule has 0 saturated heterocycles. The van der Waals surface area contributed by atoms with Crippen molar-refractivity contribution in [1.82, 2.24) is 4.57 Å². The Kier molecular flexibility index (Phi) is 5.53. The number of benzene rings is 1. The Bertz CT molecular complexity index is 808. The van der Waals surface area contributed by atoms with Crippen molar-refractivity contribution in [3.05, 3.63) is 53.3 Å². The van der Waals surface area contributed by atoms with Crippen LogP contribution in [0, 0.1) is 5.92 Å². The highest BCUT2D eigenvalue weighted by Crippen LogP contribution is 2.32. The van der Waals surface area contributed by atoms with Gasteiger partial charge in [0.15, 0.2) is 4.90 Å². The van der Waals surface area contributed by atoms with E-state index in [2.05, 4.69) is 0 Å². The molecule has 138 valence electrons. The monoisotopic (exact) mass is 373 g/mol. The number of hydrogen-bond acceptors (Lipinski definition) is 4. The van der Waals surface area contributed by atoms with Gasteiger partial charge in [0.1, 0.15) is 6.26 Å². The highest BCUT2D eigenvalue weighted by molar-refractivity contribution is 7.90. The van der Waals surface area contributed by atoms with E-state index in [0.717, 1.165) is 5.69 Å². The van der Waals surface area contributed by atoms with Gasteiger partial charge in [-0.15, -0.1) is 0 Å². The zero-order valence-electron chi connectivity index (χ0n) is 15.2. The van der Waals surface area contributed by atoms with Crippen LogP contribution in [0.4, 0.5) is 0 Å². The van der Waals surface area contributed by atoms with Crippen LogP contribution in [0.1, 0.15) is 47.9 Å². The van der Waals surface area contributed by atoms with Gasteiger partial charge in [-0.2, -0.15) is 0 Å². The lowest BCUT2D eigenvalue weighted by molar-refractivity contribution is -0.146. The van der Waals surface area contributed by atoms with Crippen molar-refractivity contribution >= 4 is 22.9 Å². The number of fused-ring (bicyclic) bond motifs is 1. The first-order chi connectivity index (χ1) is 12.4. The van der Waals surface area contributed by atoms with E-state index in [4.69, 9.17) is 4.74 Å². The summed E-state index contributed by atoms with van der Waals surface area (Å²) in [6.07, 6.45) is 2.26. The Labute approximate surface area is 156 Å². The largest absolute Gasteiger partial charge is 0.612 e. The molecule has 0 aliphatic carbocycles. The van der Waals surface area contributed by atoms with E-state index in [1.807, 2.05) is 24.5 Å². The molecule has 1 aliphatic heterocycles. The van der Waals surface area contributed by atoms with Crippen LogP contribution < -0.4 is 0 Å². The van der Waals surface area contributed by atoms with E-state index in [1.165, 1.54) is 0 Å². The maximum atomic E-state index is 12.8. The average molecular weight is 373 g/mol. The van der Waals surface area contributed by atoms with Gasteiger partial charge in [-0.3, -0.25) is 9.59 Å².